The van der Waals surface area contributed by atoms with Crippen molar-refractivity contribution in [3.05, 3.63) is 58.1 Å². The Kier molecular flexibility index (Phi) is 7.88. The van der Waals surface area contributed by atoms with Crippen LogP contribution in [0, 0.1) is 20.8 Å². The molecule has 0 aliphatic heterocycles. The molecule has 6 heteroatoms. The van der Waals surface area contributed by atoms with E-state index in [1.54, 1.807) is 19.2 Å². The molecule has 1 N–H and O–H groups in total. The summed E-state index contributed by atoms with van der Waals surface area (Å²) in [6.45, 7) is 6.25. The minimum Gasteiger partial charge on any atom is -0.494 e. The Balaban J connectivity index is 1.74. The summed E-state index contributed by atoms with van der Waals surface area (Å²) in [5, 5.41) is 3.59. The second-order valence-corrected chi connectivity index (χ2v) is 7.33. The van der Waals surface area contributed by atoms with Gasteiger partial charge in [0.1, 0.15) is 5.75 Å². The van der Waals surface area contributed by atoms with E-state index in [1.807, 2.05) is 45.0 Å². The first kappa shape index (κ1) is 21.8. The van der Waals surface area contributed by atoms with Crippen LogP contribution in [0.2, 0.25) is 5.02 Å². The molecule has 0 radical (unpaired) electrons. The van der Waals surface area contributed by atoms with E-state index in [4.69, 9.17) is 16.3 Å². The number of anilines is 1. The number of aryl methyl sites for hydroxylation is 3. The van der Waals surface area contributed by atoms with Gasteiger partial charge in [0.05, 0.1) is 13.2 Å². The summed E-state index contributed by atoms with van der Waals surface area (Å²) in [5.74, 6) is 0.435. The molecule has 0 spiro atoms. The fraction of sp³-hybridized carbons (Fsp3) is 0.364. The summed E-state index contributed by atoms with van der Waals surface area (Å²) in [6, 6.07) is 11.3. The SMILES string of the molecule is Cc1cc(OCCCC(=O)N(C)CC(=O)Nc2c(C)cccc2C)ccc1Cl. The largest absolute Gasteiger partial charge is 0.494 e. The molecule has 2 amide bonds. The van der Waals surface area contributed by atoms with E-state index < -0.39 is 0 Å². The molecule has 0 bridgehead atoms. The first-order valence-electron chi connectivity index (χ1n) is 9.27. The lowest BCUT2D eigenvalue weighted by Gasteiger charge is -2.18. The number of carbonyl (C=O) groups is 2. The van der Waals surface area contributed by atoms with Crippen molar-refractivity contribution in [3.63, 3.8) is 0 Å². The predicted molar refractivity (Wildman–Crippen MR) is 113 cm³/mol. The molecule has 0 saturated carbocycles. The second-order valence-electron chi connectivity index (χ2n) is 6.93. The number of amides is 2. The van der Waals surface area contributed by atoms with Gasteiger partial charge in [-0.25, -0.2) is 0 Å². The lowest BCUT2D eigenvalue weighted by atomic mass is 10.1. The summed E-state index contributed by atoms with van der Waals surface area (Å²) in [4.78, 5) is 26.0. The van der Waals surface area contributed by atoms with Crippen molar-refractivity contribution in [2.75, 3.05) is 25.5 Å². The van der Waals surface area contributed by atoms with Crippen LogP contribution in [-0.2, 0) is 9.59 Å². The van der Waals surface area contributed by atoms with E-state index in [-0.39, 0.29) is 18.4 Å². The summed E-state index contributed by atoms with van der Waals surface area (Å²) in [6.07, 6.45) is 0.892. The average molecular weight is 403 g/mol. The molecule has 150 valence electrons. The molecule has 0 saturated heterocycles. The number of rotatable bonds is 8. The lowest BCUT2D eigenvalue weighted by Crippen LogP contribution is -2.35. The van der Waals surface area contributed by atoms with Crippen molar-refractivity contribution in [3.8, 4) is 5.75 Å². The van der Waals surface area contributed by atoms with Gasteiger partial charge in [-0.2, -0.15) is 0 Å². The van der Waals surface area contributed by atoms with Gasteiger partial charge < -0.3 is 15.0 Å². The Morgan fingerprint density at radius 2 is 1.75 bits per heavy atom. The van der Waals surface area contributed by atoms with Crippen molar-refractivity contribution in [2.45, 2.75) is 33.6 Å². The third-order valence-corrected chi connectivity index (χ3v) is 4.91. The van der Waals surface area contributed by atoms with Crippen LogP contribution in [0.5, 0.6) is 5.75 Å². The molecule has 0 aromatic heterocycles. The fourth-order valence-corrected chi connectivity index (χ4v) is 2.92. The molecule has 5 nitrogen and oxygen atoms in total. The van der Waals surface area contributed by atoms with Crippen molar-refractivity contribution in [2.24, 2.45) is 0 Å². The van der Waals surface area contributed by atoms with E-state index in [2.05, 4.69) is 5.32 Å². The standard InChI is InChI=1S/C22H27ClN2O3/c1-15-7-5-8-16(2)22(15)24-20(26)14-25(4)21(27)9-6-12-28-18-10-11-19(23)17(3)13-18/h5,7-8,10-11,13H,6,9,12,14H2,1-4H3,(H,24,26). The Morgan fingerprint density at radius 1 is 1.07 bits per heavy atom. The third kappa shape index (κ3) is 6.27. The number of likely N-dealkylation sites (N-methyl/N-ethyl adjacent to an activating group) is 1. The zero-order valence-corrected chi connectivity index (χ0v) is 17.6. The van der Waals surface area contributed by atoms with Gasteiger partial charge in [0.2, 0.25) is 11.8 Å². The smallest absolute Gasteiger partial charge is 0.243 e. The lowest BCUT2D eigenvalue weighted by molar-refractivity contribution is -0.133. The minimum absolute atomic E-state index is 0.0177. The number of nitrogens with zero attached hydrogens (tertiary/aromatic N) is 1. The van der Waals surface area contributed by atoms with E-state index in [0.29, 0.717) is 24.5 Å². The summed E-state index contributed by atoms with van der Waals surface area (Å²) < 4.78 is 5.65. The molecule has 28 heavy (non-hydrogen) atoms. The van der Waals surface area contributed by atoms with Gasteiger partial charge in [-0.1, -0.05) is 29.8 Å². The molecule has 0 aliphatic rings. The molecule has 0 atom stereocenters. The number of hydrogen-bond acceptors (Lipinski definition) is 3. The van der Waals surface area contributed by atoms with Gasteiger partial charge in [-0.15, -0.1) is 0 Å². The highest BCUT2D eigenvalue weighted by Gasteiger charge is 2.14. The second kappa shape index (κ2) is 10.1. The van der Waals surface area contributed by atoms with Gasteiger partial charge in [-0.3, -0.25) is 9.59 Å². The monoisotopic (exact) mass is 402 g/mol. The predicted octanol–water partition coefficient (Wildman–Crippen LogP) is 4.52. The molecule has 2 aromatic rings. The van der Waals surface area contributed by atoms with Crippen molar-refractivity contribution in [1.82, 2.24) is 4.90 Å². The molecule has 2 rings (SSSR count). The van der Waals surface area contributed by atoms with Crippen molar-refractivity contribution < 1.29 is 14.3 Å². The maximum Gasteiger partial charge on any atom is 0.243 e. The Bertz CT molecular complexity index is 831. The summed E-state index contributed by atoms with van der Waals surface area (Å²) in [7, 11) is 1.63. The number of nitrogens with one attached hydrogen (secondary N) is 1. The van der Waals surface area contributed by atoms with Crippen LogP contribution >= 0.6 is 11.6 Å². The maximum absolute atomic E-state index is 12.3. The van der Waals surface area contributed by atoms with Gasteiger partial charge in [0.25, 0.3) is 0 Å². The quantitative estimate of drug-likeness (QED) is 0.660. The highest BCUT2D eigenvalue weighted by atomic mass is 35.5. The molecule has 0 unspecified atom stereocenters. The number of benzene rings is 2. The zero-order chi connectivity index (χ0) is 20.7. The van der Waals surface area contributed by atoms with Crippen LogP contribution in [0.3, 0.4) is 0 Å². The van der Waals surface area contributed by atoms with E-state index >= 15 is 0 Å². The average Bonchev–Trinajstić information content (AvgIpc) is 2.64. The molecule has 0 aliphatic carbocycles. The molecular weight excluding hydrogens is 376 g/mol. The van der Waals surface area contributed by atoms with Gasteiger partial charge in [0, 0.05) is 24.2 Å². The van der Waals surface area contributed by atoms with E-state index in [1.165, 1.54) is 4.90 Å². The topological polar surface area (TPSA) is 58.6 Å². The molecule has 0 heterocycles. The summed E-state index contributed by atoms with van der Waals surface area (Å²) in [5.41, 5.74) is 3.75. The van der Waals surface area contributed by atoms with Crippen molar-refractivity contribution in [1.29, 1.82) is 0 Å². The van der Waals surface area contributed by atoms with Gasteiger partial charge >= 0.3 is 0 Å². The first-order valence-corrected chi connectivity index (χ1v) is 9.64. The van der Waals surface area contributed by atoms with Crippen LogP contribution < -0.4 is 10.1 Å². The van der Waals surface area contributed by atoms with Gasteiger partial charge in [0.15, 0.2) is 0 Å². The number of halogens is 1. The third-order valence-electron chi connectivity index (χ3n) is 4.49. The summed E-state index contributed by atoms with van der Waals surface area (Å²) >= 11 is 5.99. The Hall–Kier alpha value is -2.53. The number of ether oxygens (including phenoxy) is 1. The van der Waals surface area contributed by atoms with Gasteiger partial charge in [-0.05, 0) is 62.1 Å². The maximum atomic E-state index is 12.3. The first-order chi connectivity index (χ1) is 13.3. The molecule has 0 fully saturated rings. The van der Waals surface area contributed by atoms with Crippen LogP contribution in [0.1, 0.15) is 29.5 Å². The number of carbonyl (C=O) groups excluding carboxylic acids is 2. The van der Waals surface area contributed by atoms with Crippen molar-refractivity contribution >= 4 is 29.1 Å². The minimum atomic E-state index is -0.207. The highest BCUT2D eigenvalue weighted by Crippen LogP contribution is 2.21. The van der Waals surface area contributed by atoms with E-state index in [9.17, 15) is 9.59 Å². The normalized spacial score (nSPS) is 10.5. The Morgan fingerprint density at radius 3 is 2.39 bits per heavy atom. The van der Waals surface area contributed by atoms with Crippen LogP contribution in [0.25, 0.3) is 0 Å². The number of para-hydroxylation sites is 1. The fourth-order valence-electron chi connectivity index (χ4n) is 2.81. The molecule has 2 aromatic carbocycles. The van der Waals surface area contributed by atoms with E-state index in [0.717, 1.165) is 28.1 Å². The Labute approximate surface area is 171 Å². The van der Waals surface area contributed by atoms with Crippen LogP contribution in [-0.4, -0.2) is 36.9 Å². The zero-order valence-electron chi connectivity index (χ0n) is 16.8. The van der Waals surface area contributed by atoms with Crippen LogP contribution in [0.4, 0.5) is 5.69 Å². The molecular formula is C22H27ClN2O3. The number of hydrogen-bond donors (Lipinski definition) is 1. The van der Waals surface area contributed by atoms with Crippen LogP contribution in [0.15, 0.2) is 36.4 Å². The highest BCUT2D eigenvalue weighted by molar-refractivity contribution is 6.31.